The second kappa shape index (κ2) is 14.8. The van der Waals surface area contributed by atoms with Crippen LogP contribution in [0.4, 0.5) is 35.1 Å². The zero-order valence-corrected chi connectivity index (χ0v) is 26.0. The lowest BCUT2D eigenvalue weighted by atomic mass is 9.68. The Morgan fingerprint density at radius 3 is 1.80 bits per heavy atom. The first kappa shape index (κ1) is 34.2. The van der Waals surface area contributed by atoms with Crippen molar-refractivity contribution in [1.29, 1.82) is 0 Å². The van der Waals surface area contributed by atoms with Crippen LogP contribution in [0.1, 0.15) is 107 Å². The maximum atomic E-state index is 15.3. The summed E-state index contributed by atoms with van der Waals surface area (Å²) in [5, 5.41) is 0. The average molecular weight is 653 g/mol. The third-order valence-corrected chi connectivity index (χ3v) is 10.1. The van der Waals surface area contributed by atoms with Crippen LogP contribution in [-0.4, -0.2) is 0 Å². The quantitative estimate of drug-likeness (QED) is 0.114. The third kappa shape index (κ3) is 7.88. The van der Waals surface area contributed by atoms with Crippen molar-refractivity contribution in [2.75, 3.05) is 0 Å². The van der Waals surface area contributed by atoms with E-state index in [0.717, 1.165) is 43.1 Å². The van der Waals surface area contributed by atoms with Crippen LogP contribution < -0.4 is 4.74 Å². The molecule has 0 saturated heterocycles. The summed E-state index contributed by atoms with van der Waals surface area (Å²) < 4.78 is 119. The van der Waals surface area contributed by atoms with Gasteiger partial charge in [-0.2, -0.15) is 8.78 Å². The minimum Gasteiger partial charge on any atom is -0.429 e. The number of halogens is 8. The maximum Gasteiger partial charge on any atom is 0.432 e. The predicted octanol–water partition coefficient (Wildman–Crippen LogP) is 12.4. The first-order valence-electron chi connectivity index (χ1n) is 16.5. The molecular formula is C37H40F8O. The van der Waals surface area contributed by atoms with Gasteiger partial charge < -0.3 is 4.74 Å². The normalized spacial score (nSPS) is 22.2. The fraction of sp³-hybridized carbons (Fsp3) is 0.514. The van der Waals surface area contributed by atoms with Crippen LogP contribution in [0.5, 0.6) is 5.75 Å². The molecule has 1 nitrogen and oxygen atoms in total. The smallest absolute Gasteiger partial charge is 0.429 e. The van der Waals surface area contributed by atoms with E-state index in [9.17, 15) is 30.7 Å². The highest BCUT2D eigenvalue weighted by molar-refractivity contribution is 5.65. The molecule has 5 rings (SSSR count). The van der Waals surface area contributed by atoms with Gasteiger partial charge >= 0.3 is 6.11 Å². The van der Waals surface area contributed by atoms with E-state index in [1.54, 1.807) is 6.07 Å². The van der Waals surface area contributed by atoms with Gasteiger partial charge in [-0.1, -0.05) is 64.0 Å². The molecule has 0 aromatic heterocycles. The Morgan fingerprint density at radius 2 is 1.24 bits per heavy atom. The van der Waals surface area contributed by atoms with Crippen molar-refractivity contribution in [1.82, 2.24) is 0 Å². The van der Waals surface area contributed by atoms with E-state index in [2.05, 4.69) is 11.7 Å². The number of alkyl halides is 2. The van der Waals surface area contributed by atoms with Crippen LogP contribution >= 0.6 is 0 Å². The number of ether oxygens (including phenoxy) is 1. The monoisotopic (exact) mass is 652 g/mol. The Morgan fingerprint density at radius 1 is 0.652 bits per heavy atom. The molecule has 0 atom stereocenters. The zero-order chi connectivity index (χ0) is 33.0. The lowest BCUT2D eigenvalue weighted by Gasteiger charge is -2.38. The number of hydrogen-bond donors (Lipinski definition) is 0. The summed E-state index contributed by atoms with van der Waals surface area (Å²) in [5.41, 5.74) is -1.51. The molecule has 0 radical (unpaired) electrons. The summed E-state index contributed by atoms with van der Waals surface area (Å²) in [4.78, 5) is 0. The van der Waals surface area contributed by atoms with Crippen LogP contribution in [0.15, 0.2) is 42.5 Å². The van der Waals surface area contributed by atoms with Crippen molar-refractivity contribution in [2.24, 2.45) is 17.8 Å². The van der Waals surface area contributed by atoms with Gasteiger partial charge in [0.05, 0.1) is 0 Å². The minimum absolute atomic E-state index is 0.126. The first-order chi connectivity index (χ1) is 22.0. The SMILES string of the molecule is CCCCCCC1CCC(C2CCC(c3ccc(-c4cc(F)c(C(F)(F)Oc5cc(F)c(F)c(F)c5)c(F)c4)c(F)c3)CC2)CC1. The molecule has 9 heteroatoms. The van der Waals surface area contributed by atoms with Gasteiger partial charge in [0, 0.05) is 17.7 Å². The highest BCUT2D eigenvalue weighted by Gasteiger charge is 2.42. The molecule has 0 N–H and O–H groups in total. The minimum atomic E-state index is -4.72. The van der Waals surface area contributed by atoms with Crippen molar-refractivity contribution in [3.8, 4) is 16.9 Å². The Labute approximate surface area is 265 Å². The maximum absolute atomic E-state index is 15.3. The lowest BCUT2D eigenvalue weighted by molar-refractivity contribution is -0.189. The summed E-state index contributed by atoms with van der Waals surface area (Å²) in [6.07, 6.45) is 11.2. The number of hydrogen-bond acceptors (Lipinski definition) is 1. The Balaban J connectivity index is 1.20. The van der Waals surface area contributed by atoms with E-state index in [0.29, 0.717) is 18.1 Å². The molecule has 46 heavy (non-hydrogen) atoms. The van der Waals surface area contributed by atoms with Gasteiger partial charge in [0.2, 0.25) is 0 Å². The topological polar surface area (TPSA) is 9.23 Å². The number of benzene rings is 3. The van der Waals surface area contributed by atoms with Crippen molar-refractivity contribution < 1.29 is 39.9 Å². The molecule has 0 spiro atoms. The highest BCUT2D eigenvalue weighted by Crippen LogP contribution is 2.45. The highest BCUT2D eigenvalue weighted by atomic mass is 19.3. The van der Waals surface area contributed by atoms with E-state index < -0.39 is 52.3 Å². The van der Waals surface area contributed by atoms with Crippen molar-refractivity contribution in [3.05, 3.63) is 88.5 Å². The second-order valence-corrected chi connectivity index (χ2v) is 13.1. The van der Waals surface area contributed by atoms with Crippen LogP contribution in [-0.2, 0) is 6.11 Å². The summed E-state index contributed by atoms with van der Waals surface area (Å²) >= 11 is 0. The van der Waals surface area contributed by atoms with Gasteiger partial charge in [-0.15, -0.1) is 0 Å². The Hall–Kier alpha value is -3.10. The third-order valence-electron chi connectivity index (χ3n) is 10.1. The average Bonchev–Trinajstić information content (AvgIpc) is 3.01. The molecule has 2 aliphatic carbocycles. The molecule has 250 valence electrons. The lowest BCUT2D eigenvalue weighted by Crippen LogP contribution is -2.25. The van der Waals surface area contributed by atoms with Gasteiger partial charge in [0.25, 0.3) is 0 Å². The fourth-order valence-electron chi connectivity index (χ4n) is 7.55. The Kier molecular flexibility index (Phi) is 11.0. The molecule has 0 heterocycles. The summed E-state index contributed by atoms with van der Waals surface area (Å²) in [7, 11) is 0. The van der Waals surface area contributed by atoms with E-state index in [1.807, 2.05) is 0 Å². The van der Waals surface area contributed by atoms with Gasteiger partial charge in [-0.3, -0.25) is 0 Å². The van der Waals surface area contributed by atoms with Crippen LogP contribution in [0, 0.1) is 52.7 Å². The molecular weight excluding hydrogens is 612 g/mol. The van der Waals surface area contributed by atoms with Gasteiger partial charge in [-0.05, 0) is 91.5 Å². The van der Waals surface area contributed by atoms with Crippen LogP contribution in [0.3, 0.4) is 0 Å². The van der Waals surface area contributed by atoms with E-state index >= 15 is 4.39 Å². The molecule has 0 unspecified atom stereocenters. The van der Waals surface area contributed by atoms with Gasteiger partial charge in [-0.25, -0.2) is 26.3 Å². The molecule has 0 bridgehead atoms. The molecule has 3 aromatic rings. The van der Waals surface area contributed by atoms with Crippen molar-refractivity contribution in [3.63, 3.8) is 0 Å². The van der Waals surface area contributed by atoms with Gasteiger partial charge in [0.15, 0.2) is 17.5 Å². The van der Waals surface area contributed by atoms with E-state index in [4.69, 9.17) is 0 Å². The van der Waals surface area contributed by atoms with E-state index in [-0.39, 0.29) is 29.2 Å². The summed E-state index contributed by atoms with van der Waals surface area (Å²) in [6.45, 7) is 2.24. The molecule has 3 aromatic carbocycles. The summed E-state index contributed by atoms with van der Waals surface area (Å²) in [5.74, 6) is -8.49. The first-order valence-corrected chi connectivity index (χ1v) is 16.5. The molecule has 2 fully saturated rings. The zero-order valence-electron chi connectivity index (χ0n) is 26.0. The van der Waals surface area contributed by atoms with Gasteiger partial charge in [0.1, 0.15) is 28.8 Å². The fourth-order valence-corrected chi connectivity index (χ4v) is 7.55. The summed E-state index contributed by atoms with van der Waals surface area (Å²) in [6, 6.07) is 5.80. The molecule has 2 saturated carbocycles. The van der Waals surface area contributed by atoms with E-state index in [1.165, 1.54) is 69.9 Å². The number of rotatable bonds is 11. The molecule has 2 aliphatic rings. The molecule has 0 aliphatic heterocycles. The second-order valence-electron chi connectivity index (χ2n) is 13.1. The van der Waals surface area contributed by atoms with Crippen molar-refractivity contribution in [2.45, 2.75) is 102 Å². The Bertz CT molecular complexity index is 1440. The standard InChI is InChI=1S/C37H40F8O/c1-2-3-4-5-6-22-7-9-23(10-8-22)24-11-13-25(14-12-24)26-15-16-29(30(38)17-26)27-18-31(39)35(32(40)19-27)37(44,45)46-28-20-33(41)36(43)34(42)21-28/h15-25H,2-14H2,1H3. The largest absolute Gasteiger partial charge is 0.432 e. The van der Waals surface area contributed by atoms with Crippen LogP contribution in [0.2, 0.25) is 0 Å². The predicted molar refractivity (Wildman–Crippen MR) is 161 cm³/mol. The number of unbranched alkanes of at least 4 members (excludes halogenated alkanes) is 3. The molecule has 0 amide bonds. The van der Waals surface area contributed by atoms with Crippen molar-refractivity contribution >= 4 is 0 Å². The van der Waals surface area contributed by atoms with Crippen LogP contribution in [0.25, 0.3) is 11.1 Å².